The van der Waals surface area contributed by atoms with Crippen LogP contribution in [-0.4, -0.2) is 9.38 Å². The molecule has 74 valence electrons. The molecule has 2 rings (SSSR count). The lowest BCUT2D eigenvalue weighted by Crippen LogP contribution is -1.97. The molecule has 0 radical (unpaired) electrons. The molecule has 0 aliphatic rings. The van der Waals surface area contributed by atoms with Crippen LogP contribution >= 0.6 is 0 Å². The molecule has 2 N–H and O–H groups in total. The van der Waals surface area contributed by atoms with Gasteiger partial charge in [0.05, 0.1) is 11.4 Å². The van der Waals surface area contributed by atoms with Gasteiger partial charge in [-0.05, 0) is 31.9 Å². The predicted octanol–water partition coefficient (Wildman–Crippen LogP) is 2.10. The van der Waals surface area contributed by atoms with E-state index in [-0.39, 0.29) is 0 Å². The van der Waals surface area contributed by atoms with Crippen LogP contribution in [0.25, 0.3) is 5.65 Å². The largest absolute Gasteiger partial charge is 0.396 e. The van der Waals surface area contributed by atoms with Crippen molar-refractivity contribution in [3.05, 3.63) is 29.2 Å². The second kappa shape index (κ2) is 3.01. The van der Waals surface area contributed by atoms with Crippen LogP contribution in [0, 0.1) is 13.8 Å². The first kappa shape index (κ1) is 9.06. The molecular formula is C11H15N3. The summed E-state index contributed by atoms with van der Waals surface area (Å²) in [4.78, 5) is 4.46. The lowest BCUT2D eigenvalue weighted by molar-refractivity contribution is 0.973. The molecule has 0 atom stereocenters. The number of nitrogens with two attached hydrogens (primary N) is 1. The van der Waals surface area contributed by atoms with Gasteiger partial charge in [0.2, 0.25) is 0 Å². The maximum absolute atomic E-state index is 5.91. The molecule has 0 saturated carbocycles. The van der Waals surface area contributed by atoms with Gasteiger partial charge in [-0.1, -0.05) is 6.92 Å². The average Bonchev–Trinajstić information content (AvgIpc) is 2.41. The highest BCUT2D eigenvalue weighted by Gasteiger charge is 2.08. The van der Waals surface area contributed by atoms with E-state index in [1.165, 1.54) is 11.3 Å². The molecule has 3 heteroatoms. The number of anilines is 1. The van der Waals surface area contributed by atoms with Crippen molar-refractivity contribution in [1.82, 2.24) is 9.38 Å². The number of aromatic nitrogens is 2. The molecule has 0 saturated heterocycles. The molecule has 0 spiro atoms. The number of fused-ring (bicyclic) bond motifs is 1. The van der Waals surface area contributed by atoms with Crippen molar-refractivity contribution in [3.8, 4) is 0 Å². The summed E-state index contributed by atoms with van der Waals surface area (Å²) in [6.07, 6.45) is 3.07. The third-order valence-electron chi connectivity index (χ3n) is 2.52. The Hall–Kier alpha value is -1.51. The van der Waals surface area contributed by atoms with E-state index in [0.29, 0.717) is 0 Å². The number of imidazole rings is 1. The normalized spacial score (nSPS) is 11.1. The number of pyridine rings is 1. The standard InChI is InChI=1S/C11H15N3/c1-4-10-8(3)13-11-9(12)5-7(2)6-14(10)11/h5-6H,4,12H2,1-3H3. The van der Waals surface area contributed by atoms with Crippen LogP contribution in [0.3, 0.4) is 0 Å². The maximum atomic E-state index is 5.91. The third-order valence-corrected chi connectivity index (χ3v) is 2.52. The highest BCUT2D eigenvalue weighted by Crippen LogP contribution is 2.19. The second-order valence-electron chi connectivity index (χ2n) is 3.66. The molecule has 0 bridgehead atoms. The Kier molecular flexibility index (Phi) is 1.95. The third kappa shape index (κ3) is 1.16. The van der Waals surface area contributed by atoms with E-state index < -0.39 is 0 Å². The van der Waals surface area contributed by atoms with Gasteiger partial charge in [-0.15, -0.1) is 0 Å². The van der Waals surface area contributed by atoms with E-state index in [1.54, 1.807) is 0 Å². The zero-order valence-corrected chi connectivity index (χ0v) is 8.83. The van der Waals surface area contributed by atoms with Crippen molar-refractivity contribution in [2.45, 2.75) is 27.2 Å². The first-order valence-corrected chi connectivity index (χ1v) is 4.87. The number of rotatable bonds is 1. The van der Waals surface area contributed by atoms with Crippen molar-refractivity contribution >= 4 is 11.3 Å². The molecule has 0 aliphatic carbocycles. The van der Waals surface area contributed by atoms with E-state index in [1.807, 2.05) is 19.9 Å². The van der Waals surface area contributed by atoms with Crippen molar-refractivity contribution in [2.24, 2.45) is 0 Å². The molecule has 0 aromatic carbocycles. The molecule has 0 aliphatic heterocycles. The van der Waals surface area contributed by atoms with Gasteiger partial charge in [-0.2, -0.15) is 0 Å². The number of nitrogen functional groups attached to an aromatic ring is 1. The van der Waals surface area contributed by atoms with E-state index >= 15 is 0 Å². The first-order valence-electron chi connectivity index (χ1n) is 4.87. The lowest BCUT2D eigenvalue weighted by Gasteiger charge is -2.03. The number of hydrogen-bond acceptors (Lipinski definition) is 2. The van der Waals surface area contributed by atoms with Gasteiger partial charge in [-0.25, -0.2) is 4.98 Å². The molecular weight excluding hydrogens is 174 g/mol. The Balaban J connectivity index is 2.87. The Bertz CT molecular complexity index is 483. The van der Waals surface area contributed by atoms with Crippen LogP contribution in [0.2, 0.25) is 0 Å². The molecule has 0 amide bonds. The fourth-order valence-electron chi connectivity index (χ4n) is 1.90. The average molecular weight is 189 g/mol. The van der Waals surface area contributed by atoms with E-state index in [2.05, 4.69) is 22.5 Å². The van der Waals surface area contributed by atoms with Gasteiger partial charge in [0.15, 0.2) is 5.65 Å². The minimum Gasteiger partial charge on any atom is -0.396 e. The molecule has 3 nitrogen and oxygen atoms in total. The van der Waals surface area contributed by atoms with Crippen molar-refractivity contribution in [2.75, 3.05) is 5.73 Å². The van der Waals surface area contributed by atoms with Crippen LogP contribution < -0.4 is 5.73 Å². The molecule has 2 aromatic rings. The van der Waals surface area contributed by atoms with Gasteiger partial charge in [0.1, 0.15) is 0 Å². The quantitative estimate of drug-likeness (QED) is 0.746. The fraction of sp³-hybridized carbons (Fsp3) is 0.364. The Labute approximate surface area is 83.6 Å². The topological polar surface area (TPSA) is 43.3 Å². The minimum absolute atomic E-state index is 0.757. The summed E-state index contributed by atoms with van der Waals surface area (Å²) < 4.78 is 2.10. The zero-order valence-electron chi connectivity index (χ0n) is 8.83. The molecule has 2 heterocycles. The van der Waals surface area contributed by atoms with Gasteiger partial charge in [-0.3, -0.25) is 0 Å². The van der Waals surface area contributed by atoms with Gasteiger partial charge < -0.3 is 10.1 Å². The SMILES string of the molecule is CCc1c(C)nc2c(N)cc(C)cn12. The Morgan fingerprint density at radius 1 is 1.43 bits per heavy atom. The zero-order chi connectivity index (χ0) is 10.3. The van der Waals surface area contributed by atoms with Gasteiger partial charge in [0.25, 0.3) is 0 Å². The van der Waals surface area contributed by atoms with Crippen LogP contribution in [0.5, 0.6) is 0 Å². The molecule has 14 heavy (non-hydrogen) atoms. The number of hydrogen-bond donors (Lipinski definition) is 1. The minimum atomic E-state index is 0.757. The maximum Gasteiger partial charge on any atom is 0.160 e. The van der Waals surface area contributed by atoms with E-state index in [4.69, 9.17) is 5.73 Å². The van der Waals surface area contributed by atoms with Crippen LogP contribution in [-0.2, 0) is 6.42 Å². The van der Waals surface area contributed by atoms with E-state index in [0.717, 1.165) is 23.4 Å². The fourth-order valence-corrected chi connectivity index (χ4v) is 1.90. The summed E-state index contributed by atoms with van der Waals surface area (Å²) in [7, 11) is 0. The summed E-state index contributed by atoms with van der Waals surface area (Å²) in [6, 6.07) is 1.96. The van der Waals surface area contributed by atoms with Crippen molar-refractivity contribution in [1.29, 1.82) is 0 Å². The molecule has 2 aromatic heterocycles. The Morgan fingerprint density at radius 2 is 2.14 bits per heavy atom. The highest BCUT2D eigenvalue weighted by atomic mass is 15.0. The summed E-state index contributed by atoms with van der Waals surface area (Å²) in [5, 5.41) is 0. The lowest BCUT2D eigenvalue weighted by atomic mass is 10.2. The number of aryl methyl sites for hydroxylation is 3. The van der Waals surface area contributed by atoms with E-state index in [9.17, 15) is 0 Å². The van der Waals surface area contributed by atoms with Crippen LogP contribution in [0.4, 0.5) is 5.69 Å². The summed E-state index contributed by atoms with van der Waals surface area (Å²) >= 11 is 0. The summed E-state index contributed by atoms with van der Waals surface area (Å²) in [5.41, 5.74) is 11.0. The van der Waals surface area contributed by atoms with Crippen molar-refractivity contribution in [3.63, 3.8) is 0 Å². The number of nitrogens with zero attached hydrogens (tertiary/aromatic N) is 2. The Morgan fingerprint density at radius 3 is 2.79 bits per heavy atom. The summed E-state index contributed by atoms with van der Waals surface area (Å²) in [5.74, 6) is 0. The highest BCUT2D eigenvalue weighted by molar-refractivity contribution is 5.66. The first-order chi connectivity index (χ1) is 6.63. The van der Waals surface area contributed by atoms with Crippen LogP contribution in [0.1, 0.15) is 23.9 Å². The monoisotopic (exact) mass is 189 g/mol. The molecule has 0 fully saturated rings. The smallest absolute Gasteiger partial charge is 0.160 e. The van der Waals surface area contributed by atoms with Crippen LogP contribution in [0.15, 0.2) is 12.3 Å². The summed E-state index contributed by atoms with van der Waals surface area (Å²) in [6.45, 7) is 6.21. The molecule has 0 unspecified atom stereocenters. The second-order valence-corrected chi connectivity index (χ2v) is 3.66. The van der Waals surface area contributed by atoms with Crippen molar-refractivity contribution < 1.29 is 0 Å². The predicted molar refractivity (Wildman–Crippen MR) is 58.5 cm³/mol. The van der Waals surface area contributed by atoms with Gasteiger partial charge in [0, 0.05) is 11.9 Å². The van der Waals surface area contributed by atoms with Gasteiger partial charge >= 0.3 is 0 Å².